The number of benzene rings is 1. The summed E-state index contributed by atoms with van der Waals surface area (Å²) in [4.78, 5) is 7.83. The topological polar surface area (TPSA) is 55.2 Å². The fourth-order valence-corrected chi connectivity index (χ4v) is 1.10. The lowest BCUT2D eigenvalue weighted by Crippen LogP contribution is -1.93. The Hall–Kier alpha value is -2.01. The summed E-state index contributed by atoms with van der Waals surface area (Å²) < 4.78 is 17.9. The van der Waals surface area contributed by atoms with Gasteiger partial charge >= 0.3 is 0 Å². The van der Waals surface area contributed by atoms with Crippen molar-refractivity contribution >= 4 is 0 Å². The van der Waals surface area contributed by atoms with E-state index in [2.05, 4.69) is 9.97 Å². The minimum absolute atomic E-state index is 0.163. The zero-order chi connectivity index (χ0) is 11.4. The Morgan fingerprint density at radius 3 is 2.44 bits per heavy atom. The summed E-state index contributed by atoms with van der Waals surface area (Å²) in [6.45, 7) is -0.163. The Morgan fingerprint density at radius 1 is 1.12 bits per heavy atom. The van der Waals surface area contributed by atoms with Crippen LogP contribution in [0.5, 0.6) is 11.6 Å². The number of hydrogen-bond acceptors (Lipinski definition) is 4. The Kier molecular flexibility index (Phi) is 3.07. The number of aromatic nitrogens is 2. The van der Waals surface area contributed by atoms with Crippen LogP contribution in [0.2, 0.25) is 0 Å². The summed E-state index contributed by atoms with van der Waals surface area (Å²) in [5.41, 5.74) is 0.464. The predicted molar refractivity (Wildman–Crippen MR) is 54.4 cm³/mol. The number of aliphatic hydroxyl groups is 1. The molecule has 0 saturated heterocycles. The number of hydrogen-bond donors (Lipinski definition) is 1. The molecule has 0 fully saturated rings. The van der Waals surface area contributed by atoms with E-state index < -0.39 is 0 Å². The molecule has 1 heterocycles. The van der Waals surface area contributed by atoms with Crippen LogP contribution in [0.4, 0.5) is 4.39 Å². The largest absolute Gasteiger partial charge is 0.438 e. The number of halogens is 1. The molecule has 0 atom stereocenters. The first kappa shape index (κ1) is 10.5. The van der Waals surface area contributed by atoms with Crippen LogP contribution in [0, 0.1) is 5.82 Å². The molecule has 1 aromatic heterocycles. The highest BCUT2D eigenvalue weighted by atomic mass is 19.1. The van der Waals surface area contributed by atoms with Crippen LogP contribution in [0.15, 0.2) is 36.7 Å². The minimum atomic E-state index is -0.325. The first-order valence-electron chi connectivity index (χ1n) is 4.63. The molecule has 0 aliphatic carbocycles. The molecule has 2 aromatic rings. The maximum atomic E-state index is 12.6. The van der Waals surface area contributed by atoms with Gasteiger partial charge < -0.3 is 9.84 Å². The zero-order valence-corrected chi connectivity index (χ0v) is 8.30. The van der Waals surface area contributed by atoms with Gasteiger partial charge in [-0.15, -0.1) is 0 Å². The van der Waals surface area contributed by atoms with E-state index in [4.69, 9.17) is 9.84 Å². The van der Waals surface area contributed by atoms with Gasteiger partial charge in [-0.05, 0) is 24.3 Å². The average Bonchev–Trinajstić information content (AvgIpc) is 2.33. The number of aliphatic hydroxyl groups excluding tert-OH is 1. The second-order valence-corrected chi connectivity index (χ2v) is 3.06. The third kappa shape index (κ3) is 2.52. The number of nitrogens with zero attached hydrogens (tertiary/aromatic N) is 2. The molecular formula is C11H9FN2O2. The van der Waals surface area contributed by atoms with Gasteiger partial charge in [0.25, 0.3) is 0 Å². The molecular weight excluding hydrogens is 211 g/mol. The Labute approximate surface area is 91.4 Å². The van der Waals surface area contributed by atoms with Crippen molar-refractivity contribution in [3.05, 3.63) is 48.2 Å². The second kappa shape index (κ2) is 4.67. The SMILES string of the molecule is OCc1cnc(Oc2ccc(F)cc2)cn1. The van der Waals surface area contributed by atoms with Crippen molar-refractivity contribution in [2.24, 2.45) is 0 Å². The van der Waals surface area contributed by atoms with Crippen molar-refractivity contribution in [3.8, 4) is 11.6 Å². The molecule has 0 aliphatic heterocycles. The lowest BCUT2D eigenvalue weighted by atomic mass is 10.3. The first-order chi connectivity index (χ1) is 7.78. The van der Waals surface area contributed by atoms with Gasteiger partial charge in [0, 0.05) is 0 Å². The lowest BCUT2D eigenvalue weighted by Gasteiger charge is -2.03. The summed E-state index contributed by atoms with van der Waals surface area (Å²) in [5, 5.41) is 8.76. The Morgan fingerprint density at radius 2 is 1.88 bits per heavy atom. The van der Waals surface area contributed by atoms with E-state index in [0.29, 0.717) is 17.3 Å². The maximum absolute atomic E-state index is 12.6. The van der Waals surface area contributed by atoms with Crippen molar-refractivity contribution in [3.63, 3.8) is 0 Å². The summed E-state index contributed by atoms with van der Waals surface area (Å²) in [7, 11) is 0. The van der Waals surface area contributed by atoms with Gasteiger partial charge in [0.2, 0.25) is 5.88 Å². The normalized spacial score (nSPS) is 10.1. The van der Waals surface area contributed by atoms with E-state index in [0.717, 1.165) is 0 Å². The van der Waals surface area contributed by atoms with Crippen molar-refractivity contribution < 1.29 is 14.2 Å². The molecule has 0 amide bonds. The van der Waals surface area contributed by atoms with Gasteiger partial charge in [0.05, 0.1) is 24.7 Å². The highest BCUT2D eigenvalue weighted by molar-refractivity contribution is 5.26. The fraction of sp³-hybridized carbons (Fsp3) is 0.0909. The summed E-state index contributed by atoms with van der Waals surface area (Å²) in [6.07, 6.45) is 2.81. The molecule has 0 bridgehead atoms. The standard InChI is InChI=1S/C11H9FN2O2/c12-8-1-3-10(4-2-8)16-11-6-13-9(7-15)5-14-11/h1-6,15H,7H2. The predicted octanol–water partition coefficient (Wildman–Crippen LogP) is 1.90. The third-order valence-electron chi connectivity index (χ3n) is 1.88. The van der Waals surface area contributed by atoms with Crippen molar-refractivity contribution in [1.29, 1.82) is 0 Å². The molecule has 2 rings (SSSR count). The van der Waals surface area contributed by atoms with Crippen LogP contribution < -0.4 is 4.74 Å². The van der Waals surface area contributed by atoms with Crippen LogP contribution in [-0.2, 0) is 6.61 Å². The van der Waals surface area contributed by atoms with Gasteiger partial charge in [-0.1, -0.05) is 0 Å². The monoisotopic (exact) mass is 220 g/mol. The smallest absolute Gasteiger partial charge is 0.237 e. The molecule has 0 saturated carbocycles. The van der Waals surface area contributed by atoms with E-state index in [1.165, 1.54) is 36.7 Å². The lowest BCUT2D eigenvalue weighted by molar-refractivity contribution is 0.276. The van der Waals surface area contributed by atoms with Gasteiger partial charge in [0.1, 0.15) is 11.6 Å². The Bertz CT molecular complexity index is 456. The molecule has 0 aliphatic rings. The van der Waals surface area contributed by atoms with Crippen molar-refractivity contribution in [2.45, 2.75) is 6.61 Å². The highest BCUT2D eigenvalue weighted by Crippen LogP contribution is 2.18. The van der Waals surface area contributed by atoms with Crippen LogP contribution in [0.25, 0.3) is 0 Å². The van der Waals surface area contributed by atoms with E-state index in [1.807, 2.05) is 0 Å². The van der Waals surface area contributed by atoms with Gasteiger partial charge in [0.15, 0.2) is 0 Å². The fourth-order valence-electron chi connectivity index (χ4n) is 1.10. The van der Waals surface area contributed by atoms with Gasteiger partial charge in [-0.25, -0.2) is 9.37 Å². The first-order valence-corrected chi connectivity index (χ1v) is 4.63. The number of ether oxygens (including phenoxy) is 1. The highest BCUT2D eigenvalue weighted by Gasteiger charge is 2.00. The maximum Gasteiger partial charge on any atom is 0.237 e. The van der Waals surface area contributed by atoms with Crippen molar-refractivity contribution in [2.75, 3.05) is 0 Å². The van der Waals surface area contributed by atoms with Gasteiger partial charge in [-0.3, -0.25) is 4.98 Å². The van der Waals surface area contributed by atoms with Gasteiger partial charge in [-0.2, -0.15) is 0 Å². The molecule has 4 nitrogen and oxygen atoms in total. The Balaban J connectivity index is 2.11. The summed E-state index contributed by atoms with van der Waals surface area (Å²) >= 11 is 0. The van der Waals surface area contributed by atoms with E-state index in [9.17, 15) is 4.39 Å². The van der Waals surface area contributed by atoms with Crippen LogP contribution in [0.3, 0.4) is 0 Å². The number of rotatable bonds is 3. The third-order valence-corrected chi connectivity index (χ3v) is 1.88. The minimum Gasteiger partial charge on any atom is -0.438 e. The zero-order valence-electron chi connectivity index (χ0n) is 8.30. The molecule has 1 N–H and O–H groups in total. The summed E-state index contributed by atoms with van der Waals surface area (Å²) in [5.74, 6) is 0.449. The van der Waals surface area contributed by atoms with E-state index in [1.54, 1.807) is 0 Å². The van der Waals surface area contributed by atoms with Crippen LogP contribution in [0.1, 0.15) is 5.69 Å². The average molecular weight is 220 g/mol. The molecule has 0 unspecified atom stereocenters. The van der Waals surface area contributed by atoms with Crippen molar-refractivity contribution in [1.82, 2.24) is 9.97 Å². The van der Waals surface area contributed by atoms with Crippen LogP contribution in [-0.4, -0.2) is 15.1 Å². The second-order valence-electron chi connectivity index (χ2n) is 3.06. The molecule has 82 valence electrons. The van der Waals surface area contributed by atoms with E-state index >= 15 is 0 Å². The van der Waals surface area contributed by atoms with Crippen LogP contribution >= 0.6 is 0 Å². The molecule has 0 radical (unpaired) electrons. The molecule has 0 spiro atoms. The molecule has 5 heteroatoms. The molecule has 1 aromatic carbocycles. The van der Waals surface area contributed by atoms with E-state index in [-0.39, 0.29) is 12.4 Å². The summed E-state index contributed by atoms with van der Waals surface area (Å²) in [6, 6.07) is 5.59. The quantitative estimate of drug-likeness (QED) is 0.858. The molecule has 16 heavy (non-hydrogen) atoms.